The van der Waals surface area contributed by atoms with E-state index in [-0.39, 0.29) is 0 Å². The van der Waals surface area contributed by atoms with E-state index in [0.717, 1.165) is 43.1 Å². The van der Waals surface area contributed by atoms with Gasteiger partial charge in [-0.05, 0) is 18.2 Å². The first-order chi connectivity index (χ1) is 8.25. The molecule has 0 aromatic heterocycles. The number of benzene rings is 1. The van der Waals surface area contributed by atoms with Gasteiger partial charge in [-0.1, -0.05) is 27.5 Å². The van der Waals surface area contributed by atoms with Crippen LogP contribution in [0.5, 0.6) is 5.75 Å². The van der Waals surface area contributed by atoms with Gasteiger partial charge < -0.3 is 9.47 Å². The minimum absolute atomic E-state index is 0.648. The van der Waals surface area contributed by atoms with Crippen LogP contribution in [0.2, 0.25) is 5.02 Å². The van der Waals surface area contributed by atoms with Crippen molar-refractivity contribution >= 4 is 27.5 Å². The van der Waals surface area contributed by atoms with E-state index in [2.05, 4.69) is 20.8 Å². The molecule has 0 atom stereocenters. The minimum Gasteiger partial charge on any atom is -0.491 e. The van der Waals surface area contributed by atoms with Gasteiger partial charge in [-0.25, -0.2) is 0 Å². The first-order valence-corrected chi connectivity index (χ1v) is 6.81. The van der Waals surface area contributed by atoms with E-state index in [0.29, 0.717) is 11.6 Å². The Morgan fingerprint density at radius 3 is 2.88 bits per heavy atom. The highest BCUT2D eigenvalue weighted by molar-refractivity contribution is 9.10. The topological polar surface area (TPSA) is 21.7 Å². The van der Waals surface area contributed by atoms with Gasteiger partial charge in [-0.2, -0.15) is 0 Å². The highest BCUT2D eigenvalue weighted by Gasteiger charge is 2.10. The van der Waals surface area contributed by atoms with E-state index in [1.165, 1.54) is 0 Å². The summed E-state index contributed by atoms with van der Waals surface area (Å²) < 4.78 is 11.9. The predicted octanol–water partition coefficient (Wildman–Crippen LogP) is 2.81. The predicted molar refractivity (Wildman–Crippen MR) is 71.9 cm³/mol. The number of nitrogens with zero attached hydrogens (tertiary/aromatic N) is 1. The molecule has 0 N–H and O–H groups in total. The second-order valence-corrected chi connectivity index (χ2v) is 5.20. The lowest BCUT2D eigenvalue weighted by molar-refractivity contribution is 0.0322. The molecule has 2 rings (SSSR count). The maximum atomic E-state index is 6.04. The van der Waals surface area contributed by atoms with Crippen LogP contribution in [-0.4, -0.2) is 44.4 Å². The number of hydrogen-bond donors (Lipinski definition) is 0. The highest BCUT2D eigenvalue weighted by Crippen LogP contribution is 2.27. The van der Waals surface area contributed by atoms with Crippen LogP contribution in [-0.2, 0) is 4.74 Å². The van der Waals surface area contributed by atoms with Crippen LogP contribution in [0.15, 0.2) is 22.7 Å². The van der Waals surface area contributed by atoms with Gasteiger partial charge in [0.05, 0.1) is 18.2 Å². The molecular formula is C12H15BrClNO2. The number of halogens is 2. The maximum Gasteiger partial charge on any atom is 0.139 e. The zero-order valence-electron chi connectivity index (χ0n) is 9.49. The van der Waals surface area contributed by atoms with Crippen molar-refractivity contribution < 1.29 is 9.47 Å². The second-order valence-electron chi connectivity index (χ2n) is 3.88. The van der Waals surface area contributed by atoms with Crippen molar-refractivity contribution in [3.63, 3.8) is 0 Å². The fourth-order valence-corrected chi connectivity index (χ4v) is 2.21. The lowest BCUT2D eigenvalue weighted by Crippen LogP contribution is -2.38. The van der Waals surface area contributed by atoms with Gasteiger partial charge >= 0.3 is 0 Å². The Hall–Kier alpha value is -0.290. The van der Waals surface area contributed by atoms with Crippen molar-refractivity contribution in [1.82, 2.24) is 4.90 Å². The Balaban J connectivity index is 1.79. The normalized spacial score (nSPS) is 17.1. The molecule has 1 aromatic carbocycles. The molecule has 0 spiro atoms. The van der Waals surface area contributed by atoms with Crippen LogP contribution in [0, 0.1) is 0 Å². The summed E-state index contributed by atoms with van der Waals surface area (Å²) in [4.78, 5) is 2.33. The molecule has 0 radical (unpaired) electrons. The quantitative estimate of drug-likeness (QED) is 0.851. The van der Waals surface area contributed by atoms with Gasteiger partial charge in [0.25, 0.3) is 0 Å². The van der Waals surface area contributed by atoms with Crippen LogP contribution in [0.25, 0.3) is 0 Å². The average molecular weight is 321 g/mol. The summed E-state index contributed by atoms with van der Waals surface area (Å²) in [7, 11) is 0. The Morgan fingerprint density at radius 2 is 2.12 bits per heavy atom. The van der Waals surface area contributed by atoms with Gasteiger partial charge in [0.1, 0.15) is 12.4 Å². The number of rotatable bonds is 4. The van der Waals surface area contributed by atoms with Gasteiger partial charge in [0.2, 0.25) is 0 Å². The summed E-state index contributed by atoms with van der Waals surface area (Å²) in [5.74, 6) is 0.731. The summed E-state index contributed by atoms with van der Waals surface area (Å²) in [6.45, 7) is 5.16. The second kappa shape index (κ2) is 6.59. The molecule has 1 heterocycles. The molecule has 0 amide bonds. The third-order valence-corrected chi connectivity index (χ3v) is 3.47. The van der Waals surface area contributed by atoms with Gasteiger partial charge in [-0.15, -0.1) is 0 Å². The van der Waals surface area contributed by atoms with Crippen molar-refractivity contribution in [2.45, 2.75) is 0 Å². The van der Waals surface area contributed by atoms with E-state index in [1.54, 1.807) is 0 Å². The summed E-state index contributed by atoms with van der Waals surface area (Å²) in [5, 5.41) is 0.648. The number of hydrogen-bond acceptors (Lipinski definition) is 3. The smallest absolute Gasteiger partial charge is 0.139 e. The molecule has 1 aromatic rings. The van der Waals surface area contributed by atoms with E-state index >= 15 is 0 Å². The zero-order valence-corrected chi connectivity index (χ0v) is 11.8. The van der Waals surface area contributed by atoms with Gasteiger partial charge in [0.15, 0.2) is 0 Å². The van der Waals surface area contributed by atoms with Gasteiger partial charge in [0, 0.05) is 24.1 Å². The van der Waals surface area contributed by atoms with Crippen molar-refractivity contribution in [3.8, 4) is 5.75 Å². The molecule has 0 saturated carbocycles. The molecule has 17 heavy (non-hydrogen) atoms. The SMILES string of the molecule is Clc1ccc(Br)cc1OCCN1CCOCC1. The van der Waals surface area contributed by atoms with Gasteiger partial charge in [-0.3, -0.25) is 4.90 Å². The van der Waals surface area contributed by atoms with Crippen LogP contribution < -0.4 is 4.74 Å². The van der Waals surface area contributed by atoms with Crippen molar-refractivity contribution in [2.75, 3.05) is 39.5 Å². The summed E-state index contributed by atoms with van der Waals surface area (Å²) in [6, 6.07) is 5.62. The van der Waals surface area contributed by atoms with Crippen molar-refractivity contribution in [2.24, 2.45) is 0 Å². The molecular weight excluding hydrogens is 305 g/mol. The molecule has 0 aliphatic carbocycles. The highest BCUT2D eigenvalue weighted by atomic mass is 79.9. The van der Waals surface area contributed by atoms with Crippen molar-refractivity contribution in [3.05, 3.63) is 27.7 Å². The Labute approximate surface area is 115 Å². The number of morpholine rings is 1. The first kappa shape index (κ1) is 13.1. The molecule has 5 heteroatoms. The fourth-order valence-electron chi connectivity index (χ4n) is 1.70. The Morgan fingerprint density at radius 1 is 1.35 bits per heavy atom. The Bertz CT molecular complexity index is 370. The lowest BCUT2D eigenvalue weighted by atomic mass is 10.3. The third-order valence-electron chi connectivity index (χ3n) is 2.66. The van der Waals surface area contributed by atoms with Crippen LogP contribution in [0.1, 0.15) is 0 Å². The summed E-state index contributed by atoms with van der Waals surface area (Å²) in [6.07, 6.45) is 0. The summed E-state index contributed by atoms with van der Waals surface area (Å²) in [5.41, 5.74) is 0. The molecule has 0 unspecified atom stereocenters. The molecule has 1 fully saturated rings. The molecule has 1 aliphatic rings. The first-order valence-electron chi connectivity index (χ1n) is 5.63. The average Bonchev–Trinajstić information content (AvgIpc) is 2.35. The minimum atomic E-state index is 0.648. The van der Waals surface area contributed by atoms with Crippen LogP contribution >= 0.6 is 27.5 Å². The van der Waals surface area contributed by atoms with E-state index in [1.807, 2.05) is 18.2 Å². The third kappa shape index (κ3) is 4.14. The van der Waals surface area contributed by atoms with Crippen molar-refractivity contribution in [1.29, 1.82) is 0 Å². The standard InChI is InChI=1S/C12H15BrClNO2/c13-10-1-2-11(14)12(9-10)17-8-5-15-3-6-16-7-4-15/h1-2,9H,3-8H2. The van der Waals surface area contributed by atoms with Crippen LogP contribution in [0.4, 0.5) is 0 Å². The lowest BCUT2D eigenvalue weighted by Gasteiger charge is -2.26. The molecule has 3 nitrogen and oxygen atoms in total. The summed E-state index contributed by atoms with van der Waals surface area (Å²) >= 11 is 9.44. The van der Waals surface area contributed by atoms with E-state index in [4.69, 9.17) is 21.1 Å². The molecule has 1 saturated heterocycles. The number of ether oxygens (including phenoxy) is 2. The van der Waals surface area contributed by atoms with E-state index in [9.17, 15) is 0 Å². The monoisotopic (exact) mass is 319 g/mol. The molecule has 94 valence electrons. The van der Waals surface area contributed by atoms with E-state index < -0.39 is 0 Å². The van der Waals surface area contributed by atoms with Crippen LogP contribution in [0.3, 0.4) is 0 Å². The Kier molecular flexibility index (Phi) is 5.10. The fraction of sp³-hybridized carbons (Fsp3) is 0.500. The zero-order chi connectivity index (χ0) is 12.1. The largest absolute Gasteiger partial charge is 0.491 e. The maximum absolute atomic E-state index is 6.04. The molecule has 0 bridgehead atoms. The molecule has 1 aliphatic heterocycles.